The van der Waals surface area contributed by atoms with Crippen molar-refractivity contribution in [2.45, 2.75) is 119 Å². The van der Waals surface area contributed by atoms with Crippen LogP contribution in [0.4, 0.5) is 0 Å². The van der Waals surface area contributed by atoms with Crippen LogP contribution in [0.3, 0.4) is 0 Å². The summed E-state index contributed by atoms with van der Waals surface area (Å²) in [6, 6.07) is 20.2. The summed E-state index contributed by atoms with van der Waals surface area (Å²) in [5.41, 5.74) is 9.71. The van der Waals surface area contributed by atoms with Crippen LogP contribution in [0.25, 0.3) is 45.8 Å². The number of H-pyrrole nitrogens is 2. The second kappa shape index (κ2) is 31.1. The van der Waals surface area contributed by atoms with E-state index < -0.39 is 15.3 Å². The topological polar surface area (TPSA) is 439 Å². The predicted octanol–water partition coefficient (Wildman–Crippen LogP) is 6.31. The van der Waals surface area contributed by atoms with Crippen LogP contribution in [-0.2, 0) is 27.1 Å². The van der Waals surface area contributed by atoms with Crippen molar-refractivity contribution in [3.63, 3.8) is 0 Å². The first-order chi connectivity index (χ1) is 31.3. The Morgan fingerprint density at radius 3 is 1.41 bits per heavy atom. The summed E-state index contributed by atoms with van der Waals surface area (Å²) in [4.78, 5) is 42.1. The molecule has 0 fully saturated rings. The summed E-state index contributed by atoms with van der Waals surface area (Å²) < 4.78 is 0. The van der Waals surface area contributed by atoms with Crippen LogP contribution in [0.5, 0.6) is 0 Å². The van der Waals surface area contributed by atoms with Crippen LogP contribution in [0.15, 0.2) is 60.9 Å². The molecule has 27 nitrogen and oxygen atoms in total. The van der Waals surface area contributed by atoms with E-state index in [9.17, 15) is 0 Å². The van der Waals surface area contributed by atoms with E-state index >= 15 is 0 Å². The van der Waals surface area contributed by atoms with Crippen LogP contribution < -0.4 is 10.1 Å². The van der Waals surface area contributed by atoms with Crippen LogP contribution in [0, 0.1) is 118 Å². The molecule has 0 aliphatic heterocycles. The van der Waals surface area contributed by atoms with Crippen molar-refractivity contribution in [1.82, 2.24) is 56.2 Å². The number of aromatic amines is 2. The van der Waals surface area contributed by atoms with E-state index in [1.54, 1.807) is 12.1 Å². The number of nitriles is 2. The standard InChI is InChI=1S/C19H24N6.C19H23N6.2C2H3N.Eu.3NO3.H2O/c2*1-18(2,3)12-7-8-20-14(9-12)15-10-13(19(4,5)6)11-16(21-15)17-22-24-25-23-17;2*1-2-3;;3*2-1(3)4;/h7-11H,1-6H3,(H,22,23,24,25);7-11H,1-6H3;2*1H3;;;;;1H2/q;-1;;;+3;3*-1;/p+2. The van der Waals surface area contributed by atoms with Crippen molar-refractivity contribution in [1.29, 1.82) is 10.5 Å². The van der Waals surface area contributed by atoms with Gasteiger partial charge in [0.05, 0.1) is 50.3 Å². The fourth-order valence-electron chi connectivity index (χ4n) is 5.06. The third-order valence-electron chi connectivity index (χ3n) is 8.34. The van der Waals surface area contributed by atoms with E-state index in [-0.39, 0.29) is 76.5 Å². The van der Waals surface area contributed by atoms with Crippen molar-refractivity contribution >= 4 is 0 Å². The van der Waals surface area contributed by atoms with Gasteiger partial charge in [0.2, 0.25) is 11.5 Å². The minimum atomic E-state index is -1.75. The van der Waals surface area contributed by atoms with E-state index in [1.165, 1.54) is 30.5 Å². The number of rotatable bonds is 4. The zero-order valence-electron chi connectivity index (χ0n) is 41.1. The van der Waals surface area contributed by atoms with Gasteiger partial charge in [0.15, 0.2) is 6.20 Å². The maximum absolute atomic E-state index is 8.25. The van der Waals surface area contributed by atoms with Crippen molar-refractivity contribution < 1.29 is 75.1 Å². The second-order valence-corrected chi connectivity index (χ2v) is 17.7. The Bertz CT molecular complexity index is 2390. The molecule has 0 radical (unpaired) electrons. The van der Waals surface area contributed by atoms with E-state index in [0.29, 0.717) is 23.0 Å². The Morgan fingerprint density at radius 1 is 0.600 bits per heavy atom. The minimum absolute atomic E-state index is 0. The summed E-state index contributed by atoms with van der Waals surface area (Å²) in [5, 5.41) is 88.2. The van der Waals surface area contributed by atoms with Crippen LogP contribution in [-0.4, -0.2) is 66.4 Å². The number of aromatic nitrogens is 12. The molecule has 6 aromatic heterocycles. The van der Waals surface area contributed by atoms with Crippen LogP contribution in [0.1, 0.15) is 119 Å². The van der Waals surface area contributed by atoms with Crippen molar-refractivity contribution in [2.75, 3.05) is 0 Å². The summed E-state index contributed by atoms with van der Waals surface area (Å²) in [6.45, 7) is 29.1. The molecule has 6 heterocycles. The summed E-state index contributed by atoms with van der Waals surface area (Å²) in [7, 11) is 0. The molecule has 28 heteroatoms. The molecule has 376 valence electrons. The maximum atomic E-state index is 8.25. The van der Waals surface area contributed by atoms with Crippen molar-refractivity contribution in [2.24, 2.45) is 0 Å². The van der Waals surface area contributed by atoms with Gasteiger partial charge < -0.3 is 56.5 Å². The van der Waals surface area contributed by atoms with Gasteiger partial charge in [0.25, 0.3) is 0 Å². The predicted molar refractivity (Wildman–Crippen MR) is 252 cm³/mol. The normalized spacial score (nSPS) is 10.1. The van der Waals surface area contributed by atoms with E-state index in [0.717, 1.165) is 28.3 Å². The molecule has 0 amide bonds. The summed E-state index contributed by atoms with van der Waals surface area (Å²) >= 11 is 0. The maximum Gasteiger partial charge on any atom is 3.00 e. The fraction of sp³-hybridized carbons (Fsp3) is 0.429. The molecular formula is C42H57EuN17O10+. The second-order valence-electron chi connectivity index (χ2n) is 17.7. The average molecular weight is 1110 g/mol. The third-order valence-corrected chi connectivity index (χ3v) is 8.34. The van der Waals surface area contributed by atoms with Crippen LogP contribution >= 0.6 is 0 Å². The average Bonchev–Trinajstić information content (AvgIpc) is 3.96. The van der Waals surface area contributed by atoms with Crippen LogP contribution in [0.2, 0.25) is 0 Å². The Hall–Kier alpha value is -7.14. The van der Waals surface area contributed by atoms with Gasteiger partial charge in [0.1, 0.15) is 11.4 Å². The smallest absolute Gasteiger partial charge is 0.457 e. The molecular weight excluding hydrogens is 1050 g/mol. The molecule has 0 unspecified atom stereocenters. The monoisotopic (exact) mass is 1110 g/mol. The first-order valence-corrected chi connectivity index (χ1v) is 19.9. The molecule has 0 bridgehead atoms. The van der Waals surface area contributed by atoms with Gasteiger partial charge in [-0.25, -0.2) is 15.0 Å². The van der Waals surface area contributed by atoms with Gasteiger partial charge in [-0.15, -0.1) is 10.2 Å². The molecule has 0 aliphatic carbocycles. The molecule has 0 saturated carbocycles. The fourth-order valence-corrected chi connectivity index (χ4v) is 5.06. The van der Waals surface area contributed by atoms with Gasteiger partial charge in [-0.05, 0) is 85.5 Å². The van der Waals surface area contributed by atoms with Crippen molar-refractivity contribution in [3.8, 4) is 58.0 Å². The summed E-state index contributed by atoms with van der Waals surface area (Å²) in [6.07, 6.45) is 3.80. The molecule has 0 atom stereocenters. The Kier molecular flexibility index (Phi) is 29.8. The summed E-state index contributed by atoms with van der Waals surface area (Å²) in [5.74, 6) is 0.929. The van der Waals surface area contributed by atoms with Gasteiger partial charge in [-0.3, -0.25) is 15.3 Å². The molecule has 0 spiro atoms. The minimum Gasteiger partial charge on any atom is -0.457 e. The molecule has 0 saturated heterocycles. The SMILES string of the molecule is CC#N.CC#N.CC(C)(C)c1cc(-c2nn[nH]n2)nc(-c2cc(C(C)(C)C)cc[nH+]2)c1.CC(C)(C)c1ccnc(-c2cc(C(C)(C)C)cc(-c3nnn[n-]3)n2)c1.O=[N+]([O-])[O-].O=[N+]([O-])[O-].O=[N+]([O-])[O-].[Eu+3].[OH3+]. The van der Waals surface area contributed by atoms with Gasteiger partial charge >= 0.3 is 49.4 Å². The van der Waals surface area contributed by atoms with E-state index in [4.69, 9.17) is 66.5 Å². The molecule has 5 N–H and O–H groups in total. The zero-order chi connectivity index (χ0) is 52.6. The molecule has 6 aromatic rings. The number of nitrogens with one attached hydrogen (secondary N) is 2. The van der Waals surface area contributed by atoms with Gasteiger partial charge in [-0.2, -0.15) is 21.0 Å². The first kappa shape index (κ1) is 67.1. The Morgan fingerprint density at radius 2 is 1.00 bits per heavy atom. The number of tetrazole rings is 2. The Labute approximate surface area is 444 Å². The van der Waals surface area contributed by atoms with Crippen molar-refractivity contribution in [3.05, 3.63) is 129 Å². The first-order valence-electron chi connectivity index (χ1n) is 19.9. The molecule has 70 heavy (non-hydrogen) atoms. The van der Waals surface area contributed by atoms with E-state index in [2.05, 4.69) is 165 Å². The number of nitrogens with zero attached hydrogens (tertiary/aromatic N) is 15. The quantitative estimate of drug-likeness (QED) is 0.115. The molecule has 0 aliphatic rings. The van der Waals surface area contributed by atoms with Gasteiger partial charge in [-0.1, -0.05) is 83.1 Å². The van der Waals surface area contributed by atoms with Gasteiger partial charge in [0, 0.05) is 32.2 Å². The van der Waals surface area contributed by atoms with E-state index in [1.807, 2.05) is 30.6 Å². The third kappa shape index (κ3) is 26.4. The number of hydrogen-bond acceptors (Lipinski definition) is 20. The number of pyridine rings is 4. The molecule has 6 rings (SSSR count). The zero-order valence-corrected chi connectivity index (χ0v) is 43.5. The Balaban J connectivity index is -0.000000935. The number of hydrogen-bond donors (Lipinski definition) is 1. The molecule has 0 aromatic carbocycles. The largest absolute Gasteiger partial charge is 3.00 e.